The summed E-state index contributed by atoms with van der Waals surface area (Å²) in [5, 5.41) is 9.48. The van der Waals surface area contributed by atoms with Crippen LogP contribution in [0.2, 0.25) is 0 Å². The van der Waals surface area contributed by atoms with Crippen molar-refractivity contribution in [2.75, 3.05) is 41.3 Å². The molecule has 0 saturated carbocycles. The van der Waals surface area contributed by atoms with Crippen molar-refractivity contribution in [3.63, 3.8) is 0 Å². The van der Waals surface area contributed by atoms with Gasteiger partial charge in [0, 0.05) is 50.9 Å². The van der Waals surface area contributed by atoms with Crippen molar-refractivity contribution in [2.24, 2.45) is 0 Å². The van der Waals surface area contributed by atoms with Crippen LogP contribution in [0.4, 0.5) is 0 Å². The third kappa shape index (κ3) is 4.58. The number of ether oxygens (including phenoxy) is 4. The molecule has 2 aromatic carbocycles. The molecule has 0 fully saturated rings. The van der Waals surface area contributed by atoms with E-state index >= 15 is 0 Å². The van der Waals surface area contributed by atoms with Crippen molar-refractivity contribution in [2.45, 2.75) is 25.9 Å². The lowest BCUT2D eigenvalue weighted by Crippen LogP contribution is -2.19. The molecule has 0 unspecified atom stereocenters. The summed E-state index contributed by atoms with van der Waals surface area (Å²) in [7, 11) is 4.94. The lowest BCUT2D eigenvalue weighted by Gasteiger charge is -2.18. The Labute approximate surface area is 166 Å². The van der Waals surface area contributed by atoms with E-state index in [1.165, 1.54) is 11.1 Å². The monoisotopic (exact) mass is 387 g/mol. The van der Waals surface area contributed by atoms with Gasteiger partial charge in [-0.05, 0) is 35.7 Å². The normalized spacial score (nSPS) is 13.4. The van der Waals surface area contributed by atoms with Gasteiger partial charge in [-0.15, -0.1) is 0 Å². The van der Waals surface area contributed by atoms with E-state index in [-0.39, 0.29) is 13.4 Å². The largest absolute Gasteiger partial charge is 0.497 e. The fraction of sp³-hybridized carbons (Fsp3) is 0.455. The highest BCUT2D eigenvalue weighted by Gasteiger charge is 2.27. The fourth-order valence-electron chi connectivity index (χ4n) is 3.67. The van der Waals surface area contributed by atoms with E-state index in [0.717, 1.165) is 54.4 Å². The molecule has 1 N–H and O–H groups in total. The van der Waals surface area contributed by atoms with Crippen LogP contribution >= 0.6 is 0 Å². The number of methoxy groups -OCH3 is 3. The lowest BCUT2D eigenvalue weighted by atomic mass is 10.0. The number of hydrogen-bond donors (Lipinski definition) is 1. The molecule has 3 rings (SSSR count). The number of nitrogens with zero attached hydrogens (tertiary/aromatic N) is 1. The van der Waals surface area contributed by atoms with E-state index in [1.807, 2.05) is 12.1 Å². The Morgan fingerprint density at radius 1 is 1.00 bits per heavy atom. The Bertz CT molecular complexity index is 775. The molecule has 0 amide bonds. The van der Waals surface area contributed by atoms with Crippen molar-refractivity contribution in [1.82, 2.24) is 4.90 Å². The van der Waals surface area contributed by atoms with Gasteiger partial charge in [-0.2, -0.15) is 0 Å². The molecular weight excluding hydrogens is 358 g/mol. The summed E-state index contributed by atoms with van der Waals surface area (Å²) in [6.07, 6.45) is 1.45. The Morgan fingerprint density at radius 2 is 1.79 bits per heavy atom. The third-order valence-corrected chi connectivity index (χ3v) is 5.09. The van der Waals surface area contributed by atoms with Crippen LogP contribution in [0.3, 0.4) is 0 Å². The second-order valence-electron chi connectivity index (χ2n) is 6.86. The smallest absolute Gasteiger partial charge is 0.188 e. The van der Waals surface area contributed by atoms with E-state index in [9.17, 15) is 5.11 Å². The van der Waals surface area contributed by atoms with Crippen LogP contribution in [-0.2, 0) is 30.7 Å². The van der Waals surface area contributed by atoms with Gasteiger partial charge in [0.1, 0.15) is 17.2 Å². The van der Waals surface area contributed by atoms with E-state index in [1.54, 1.807) is 21.3 Å². The summed E-state index contributed by atoms with van der Waals surface area (Å²) in [4.78, 5) is 2.40. The maximum Gasteiger partial charge on any atom is 0.188 e. The second kappa shape index (κ2) is 9.78. The molecule has 0 saturated heterocycles. The Balaban J connectivity index is 1.75. The van der Waals surface area contributed by atoms with Crippen molar-refractivity contribution in [1.29, 1.82) is 0 Å². The van der Waals surface area contributed by atoms with Gasteiger partial charge in [0.05, 0.1) is 14.2 Å². The number of fused-ring (bicyclic) bond motifs is 1. The molecule has 2 aromatic rings. The average Bonchev–Trinajstić information content (AvgIpc) is 3.14. The molecule has 0 aliphatic carbocycles. The SMILES string of the molecule is COCOc1c2c(cc(OC)c1CCO)CN(CCc1ccc(OC)cc1)C2. The lowest BCUT2D eigenvalue weighted by molar-refractivity contribution is 0.0491. The van der Waals surface area contributed by atoms with Gasteiger partial charge in [0.25, 0.3) is 0 Å². The first kappa shape index (κ1) is 20.5. The Kier molecular flexibility index (Phi) is 7.14. The zero-order chi connectivity index (χ0) is 19.9. The molecule has 28 heavy (non-hydrogen) atoms. The van der Waals surface area contributed by atoms with Crippen molar-refractivity contribution in [3.8, 4) is 17.2 Å². The first-order chi connectivity index (χ1) is 13.7. The molecule has 0 spiro atoms. The highest BCUT2D eigenvalue weighted by atomic mass is 16.7. The zero-order valence-electron chi connectivity index (χ0n) is 16.9. The van der Waals surface area contributed by atoms with Gasteiger partial charge >= 0.3 is 0 Å². The second-order valence-corrected chi connectivity index (χ2v) is 6.86. The summed E-state index contributed by atoms with van der Waals surface area (Å²) in [5.74, 6) is 2.42. The van der Waals surface area contributed by atoms with Gasteiger partial charge in [0.15, 0.2) is 6.79 Å². The summed E-state index contributed by atoms with van der Waals surface area (Å²) >= 11 is 0. The van der Waals surface area contributed by atoms with Gasteiger partial charge in [-0.3, -0.25) is 4.90 Å². The quantitative estimate of drug-likeness (QED) is 0.633. The van der Waals surface area contributed by atoms with Crippen LogP contribution in [0.25, 0.3) is 0 Å². The van der Waals surface area contributed by atoms with E-state index < -0.39 is 0 Å². The van der Waals surface area contributed by atoms with Crippen LogP contribution < -0.4 is 14.2 Å². The minimum atomic E-state index is 0.0413. The molecule has 0 bridgehead atoms. The molecule has 0 radical (unpaired) electrons. The zero-order valence-corrected chi connectivity index (χ0v) is 16.9. The van der Waals surface area contributed by atoms with Gasteiger partial charge in [-0.25, -0.2) is 0 Å². The molecule has 0 atom stereocenters. The molecule has 152 valence electrons. The molecule has 1 heterocycles. The average molecular weight is 387 g/mol. The summed E-state index contributed by atoms with van der Waals surface area (Å²) in [6, 6.07) is 10.3. The van der Waals surface area contributed by atoms with Crippen molar-refractivity contribution < 1.29 is 24.1 Å². The topological polar surface area (TPSA) is 60.4 Å². The minimum absolute atomic E-state index is 0.0413. The van der Waals surface area contributed by atoms with Gasteiger partial charge in [-0.1, -0.05) is 12.1 Å². The Morgan fingerprint density at radius 3 is 2.43 bits per heavy atom. The molecule has 6 nitrogen and oxygen atoms in total. The van der Waals surface area contributed by atoms with Crippen molar-refractivity contribution in [3.05, 3.63) is 52.6 Å². The van der Waals surface area contributed by atoms with Crippen LogP contribution in [0.15, 0.2) is 30.3 Å². The standard InChI is InChI=1S/C22H29NO5/c1-25-15-28-22-19(9-11-24)21(27-3)12-17-13-23(14-20(17)22)10-8-16-4-6-18(26-2)7-5-16/h4-7,12,24H,8-11,13-15H2,1-3H3. The first-order valence-corrected chi connectivity index (χ1v) is 9.49. The van der Waals surface area contributed by atoms with E-state index in [4.69, 9.17) is 18.9 Å². The molecule has 1 aliphatic rings. The third-order valence-electron chi connectivity index (χ3n) is 5.09. The predicted octanol–water partition coefficient (Wildman–Crippen LogP) is 2.78. The van der Waals surface area contributed by atoms with Crippen LogP contribution in [0.5, 0.6) is 17.2 Å². The Hall–Kier alpha value is -2.28. The van der Waals surface area contributed by atoms with Crippen LogP contribution in [0.1, 0.15) is 22.3 Å². The minimum Gasteiger partial charge on any atom is -0.497 e. The predicted molar refractivity (Wildman–Crippen MR) is 107 cm³/mol. The molecule has 0 aromatic heterocycles. The molecular formula is C22H29NO5. The number of aliphatic hydroxyl groups excluding tert-OH is 1. The van der Waals surface area contributed by atoms with Crippen molar-refractivity contribution >= 4 is 0 Å². The highest BCUT2D eigenvalue weighted by molar-refractivity contribution is 5.55. The molecule has 6 heteroatoms. The summed E-state index contributed by atoms with van der Waals surface area (Å²) < 4.78 is 21.8. The first-order valence-electron chi connectivity index (χ1n) is 9.49. The summed E-state index contributed by atoms with van der Waals surface area (Å²) in [5.41, 5.74) is 4.55. The van der Waals surface area contributed by atoms with Gasteiger partial charge in [0.2, 0.25) is 0 Å². The van der Waals surface area contributed by atoms with Crippen LogP contribution in [-0.4, -0.2) is 51.3 Å². The maximum atomic E-state index is 9.48. The van der Waals surface area contributed by atoms with E-state index in [2.05, 4.69) is 23.1 Å². The summed E-state index contributed by atoms with van der Waals surface area (Å²) in [6.45, 7) is 2.82. The number of aliphatic hydroxyl groups is 1. The van der Waals surface area contributed by atoms with Gasteiger partial charge < -0.3 is 24.1 Å². The maximum absolute atomic E-state index is 9.48. The number of benzene rings is 2. The van der Waals surface area contributed by atoms with Crippen LogP contribution in [0, 0.1) is 0 Å². The molecule has 1 aliphatic heterocycles. The highest BCUT2D eigenvalue weighted by Crippen LogP contribution is 2.40. The fourth-order valence-corrected chi connectivity index (χ4v) is 3.67. The van der Waals surface area contributed by atoms with E-state index in [0.29, 0.717) is 6.42 Å². The number of hydrogen-bond acceptors (Lipinski definition) is 6. The number of rotatable bonds is 10.